The molecule has 1 heterocycles. The summed E-state index contributed by atoms with van der Waals surface area (Å²) in [6.07, 6.45) is -0.225. The number of hydrogen-bond acceptors (Lipinski definition) is 3. The summed E-state index contributed by atoms with van der Waals surface area (Å²) in [7, 11) is 0. The number of rotatable bonds is 3. The molecule has 1 atom stereocenters. The van der Waals surface area contributed by atoms with Crippen LogP contribution >= 0.6 is 0 Å². The number of benzene rings is 2. The summed E-state index contributed by atoms with van der Waals surface area (Å²) in [5.41, 5.74) is 1.24. The van der Waals surface area contributed by atoms with Crippen molar-refractivity contribution >= 4 is 5.78 Å². The third kappa shape index (κ3) is 2.61. The van der Waals surface area contributed by atoms with Crippen molar-refractivity contribution in [2.75, 3.05) is 6.61 Å². The van der Waals surface area contributed by atoms with E-state index in [1.54, 1.807) is 0 Å². The van der Waals surface area contributed by atoms with E-state index in [2.05, 4.69) is 0 Å². The van der Waals surface area contributed by atoms with Gasteiger partial charge in [0.2, 0.25) is 0 Å². The maximum atomic E-state index is 13.3. The van der Waals surface area contributed by atoms with E-state index in [1.165, 1.54) is 18.2 Å². The first-order valence-corrected chi connectivity index (χ1v) is 6.90. The van der Waals surface area contributed by atoms with Crippen LogP contribution in [0.3, 0.4) is 0 Å². The molecule has 2 aromatic carbocycles. The number of Topliss-reactive ketones (excluding diaryl/α,β-unsaturated/α-hetero) is 1. The van der Waals surface area contributed by atoms with Crippen LogP contribution in [0.2, 0.25) is 0 Å². The van der Waals surface area contributed by atoms with Crippen molar-refractivity contribution in [3.8, 4) is 11.5 Å². The van der Waals surface area contributed by atoms with Crippen LogP contribution < -0.4 is 9.47 Å². The van der Waals surface area contributed by atoms with Crippen molar-refractivity contribution in [3.05, 3.63) is 59.4 Å². The number of para-hydroxylation sites is 1. The van der Waals surface area contributed by atoms with E-state index in [1.807, 2.05) is 31.2 Å². The largest absolute Gasteiger partial charge is 0.493 e. The summed E-state index contributed by atoms with van der Waals surface area (Å²) < 4.78 is 24.7. The Hall–Kier alpha value is -2.36. The van der Waals surface area contributed by atoms with Crippen molar-refractivity contribution in [2.24, 2.45) is 0 Å². The van der Waals surface area contributed by atoms with Crippen LogP contribution in [-0.4, -0.2) is 12.4 Å². The molecule has 21 heavy (non-hydrogen) atoms. The zero-order valence-corrected chi connectivity index (χ0v) is 11.6. The lowest BCUT2D eigenvalue weighted by Gasteiger charge is -2.26. The maximum absolute atomic E-state index is 13.3. The molecule has 108 valence electrons. The molecule has 0 spiro atoms. The normalized spacial score (nSPS) is 17.0. The molecule has 1 unspecified atom stereocenters. The summed E-state index contributed by atoms with van der Waals surface area (Å²) >= 11 is 0. The fourth-order valence-electron chi connectivity index (χ4n) is 2.50. The average Bonchev–Trinajstić information content (AvgIpc) is 2.47. The standard InChI is InChI=1S/C17H15FO3/c1-2-20-15-6-4-3-5-13(15)17-10-14(19)12-8-7-11(18)9-16(12)21-17/h3-9,17H,2,10H2,1H3. The molecule has 0 radical (unpaired) electrons. The molecular formula is C17H15FO3. The molecule has 0 fully saturated rings. The summed E-state index contributed by atoms with van der Waals surface area (Å²) in [5, 5.41) is 0. The van der Waals surface area contributed by atoms with E-state index in [0.717, 1.165) is 5.56 Å². The molecule has 2 aromatic rings. The molecule has 0 aliphatic carbocycles. The Bertz CT molecular complexity index is 681. The van der Waals surface area contributed by atoms with Gasteiger partial charge in [-0.2, -0.15) is 0 Å². The minimum atomic E-state index is -0.449. The molecule has 0 N–H and O–H groups in total. The van der Waals surface area contributed by atoms with Crippen LogP contribution in [-0.2, 0) is 0 Å². The van der Waals surface area contributed by atoms with Gasteiger partial charge in [0.05, 0.1) is 18.6 Å². The van der Waals surface area contributed by atoms with Gasteiger partial charge in [-0.3, -0.25) is 4.79 Å². The van der Waals surface area contributed by atoms with Gasteiger partial charge in [-0.05, 0) is 25.1 Å². The molecule has 0 saturated heterocycles. The second kappa shape index (κ2) is 5.56. The van der Waals surface area contributed by atoms with Gasteiger partial charge in [0.25, 0.3) is 0 Å². The fraction of sp³-hybridized carbons (Fsp3) is 0.235. The fourth-order valence-corrected chi connectivity index (χ4v) is 2.50. The second-order valence-corrected chi connectivity index (χ2v) is 4.85. The first-order chi connectivity index (χ1) is 10.2. The van der Waals surface area contributed by atoms with Gasteiger partial charge in [0.15, 0.2) is 5.78 Å². The number of carbonyl (C=O) groups is 1. The number of ketones is 1. The minimum absolute atomic E-state index is 0.0486. The summed E-state index contributed by atoms with van der Waals surface area (Å²) in [4.78, 5) is 12.2. The van der Waals surface area contributed by atoms with Crippen molar-refractivity contribution in [1.29, 1.82) is 0 Å². The van der Waals surface area contributed by atoms with Crippen LogP contribution in [0, 0.1) is 5.82 Å². The Balaban J connectivity index is 1.97. The summed E-state index contributed by atoms with van der Waals surface area (Å²) in [6, 6.07) is 11.4. The Morgan fingerprint density at radius 2 is 2.10 bits per heavy atom. The molecule has 1 aliphatic heterocycles. The Kier molecular flexibility index (Phi) is 3.60. The lowest BCUT2D eigenvalue weighted by molar-refractivity contribution is 0.0845. The molecule has 0 amide bonds. The van der Waals surface area contributed by atoms with Crippen LogP contribution in [0.25, 0.3) is 0 Å². The highest BCUT2D eigenvalue weighted by atomic mass is 19.1. The molecule has 1 aliphatic rings. The van der Waals surface area contributed by atoms with E-state index in [4.69, 9.17) is 9.47 Å². The smallest absolute Gasteiger partial charge is 0.170 e. The molecule has 3 rings (SSSR count). The molecule has 0 saturated carbocycles. The van der Waals surface area contributed by atoms with Gasteiger partial charge >= 0.3 is 0 Å². The number of ether oxygens (including phenoxy) is 2. The van der Waals surface area contributed by atoms with E-state index >= 15 is 0 Å². The van der Waals surface area contributed by atoms with Gasteiger partial charge in [-0.25, -0.2) is 4.39 Å². The van der Waals surface area contributed by atoms with Gasteiger partial charge in [-0.15, -0.1) is 0 Å². The van der Waals surface area contributed by atoms with Gasteiger partial charge in [-0.1, -0.05) is 18.2 Å². The number of carbonyl (C=O) groups excluding carboxylic acids is 1. The van der Waals surface area contributed by atoms with Crippen LogP contribution in [0.5, 0.6) is 11.5 Å². The van der Waals surface area contributed by atoms with Crippen LogP contribution in [0.15, 0.2) is 42.5 Å². The lowest BCUT2D eigenvalue weighted by atomic mass is 9.96. The summed E-state index contributed by atoms with van der Waals surface area (Å²) in [6.45, 7) is 2.43. The van der Waals surface area contributed by atoms with Crippen LogP contribution in [0.1, 0.15) is 35.4 Å². The van der Waals surface area contributed by atoms with E-state index in [9.17, 15) is 9.18 Å². The average molecular weight is 286 g/mol. The topological polar surface area (TPSA) is 35.5 Å². The van der Waals surface area contributed by atoms with E-state index in [-0.39, 0.29) is 12.2 Å². The van der Waals surface area contributed by atoms with E-state index in [0.29, 0.717) is 23.7 Å². The molecule has 4 heteroatoms. The predicted molar refractivity (Wildman–Crippen MR) is 76.3 cm³/mol. The maximum Gasteiger partial charge on any atom is 0.170 e. The predicted octanol–water partition coefficient (Wildman–Crippen LogP) is 3.93. The molecular weight excluding hydrogens is 271 g/mol. The zero-order chi connectivity index (χ0) is 14.8. The SMILES string of the molecule is CCOc1ccccc1C1CC(=O)c2ccc(F)cc2O1. The minimum Gasteiger partial charge on any atom is -0.493 e. The monoisotopic (exact) mass is 286 g/mol. The Morgan fingerprint density at radius 3 is 2.90 bits per heavy atom. The number of halogens is 1. The summed E-state index contributed by atoms with van der Waals surface area (Å²) in [5.74, 6) is 0.521. The lowest BCUT2D eigenvalue weighted by Crippen LogP contribution is -2.21. The number of hydrogen-bond donors (Lipinski definition) is 0. The quantitative estimate of drug-likeness (QED) is 0.857. The zero-order valence-electron chi connectivity index (χ0n) is 11.6. The second-order valence-electron chi connectivity index (χ2n) is 4.85. The highest BCUT2D eigenvalue weighted by Gasteiger charge is 2.29. The van der Waals surface area contributed by atoms with Crippen LogP contribution in [0.4, 0.5) is 4.39 Å². The van der Waals surface area contributed by atoms with Crippen molar-refractivity contribution < 1.29 is 18.7 Å². The van der Waals surface area contributed by atoms with Crippen molar-refractivity contribution in [1.82, 2.24) is 0 Å². The van der Waals surface area contributed by atoms with Crippen molar-refractivity contribution in [3.63, 3.8) is 0 Å². The number of fused-ring (bicyclic) bond motifs is 1. The third-order valence-electron chi connectivity index (χ3n) is 3.45. The highest BCUT2D eigenvalue weighted by Crippen LogP contribution is 2.38. The molecule has 0 aromatic heterocycles. The van der Waals surface area contributed by atoms with E-state index < -0.39 is 11.9 Å². The van der Waals surface area contributed by atoms with Crippen molar-refractivity contribution in [2.45, 2.75) is 19.4 Å². The van der Waals surface area contributed by atoms with Gasteiger partial charge in [0.1, 0.15) is 23.4 Å². The molecule has 0 bridgehead atoms. The first-order valence-electron chi connectivity index (χ1n) is 6.90. The molecule has 3 nitrogen and oxygen atoms in total. The van der Waals surface area contributed by atoms with Gasteiger partial charge in [0, 0.05) is 11.6 Å². The Morgan fingerprint density at radius 1 is 1.29 bits per heavy atom. The van der Waals surface area contributed by atoms with Gasteiger partial charge < -0.3 is 9.47 Å². The highest BCUT2D eigenvalue weighted by molar-refractivity contribution is 6.00. The Labute approximate surface area is 122 Å². The first kappa shape index (κ1) is 13.6. The third-order valence-corrected chi connectivity index (χ3v) is 3.45.